The fraction of sp³-hybridized carbons (Fsp3) is 0.174. The van der Waals surface area contributed by atoms with E-state index in [0.29, 0.717) is 29.0 Å². The normalized spacial score (nSPS) is 12.2. The van der Waals surface area contributed by atoms with Crippen molar-refractivity contribution in [2.24, 2.45) is 0 Å². The lowest BCUT2D eigenvalue weighted by Gasteiger charge is -2.13. The van der Waals surface area contributed by atoms with Crippen LogP contribution in [-0.4, -0.2) is 25.4 Å². The number of furan rings is 1. The third-order valence-corrected chi connectivity index (χ3v) is 5.37. The number of fused-ring (bicyclic) bond motifs is 1. The molecular weight excluding hydrogens is 406 g/mol. The van der Waals surface area contributed by atoms with Crippen molar-refractivity contribution in [1.82, 2.24) is 24.9 Å². The molecule has 1 aliphatic carbocycles. The summed E-state index contributed by atoms with van der Waals surface area (Å²) in [5, 5.41) is 9.68. The van der Waals surface area contributed by atoms with Gasteiger partial charge in [0.25, 0.3) is 5.91 Å². The molecule has 32 heavy (non-hydrogen) atoms. The second-order valence-electron chi connectivity index (χ2n) is 7.38. The van der Waals surface area contributed by atoms with Gasteiger partial charge in [0, 0.05) is 29.8 Å². The van der Waals surface area contributed by atoms with E-state index in [0.717, 1.165) is 30.5 Å². The first-order valence-electron chi connectivity index (χ1n) is 10.2. The van der Waals surface area contributed by atoms with Crippen LogP contribution < -0.4 is 10.9 Å². The Kier molecular flexibility index (Phi) is 4.88. The number of rotatable bonds is 5. The monoisotopic (exact) mass is 425 g/mol. The van der Waals surface area contributed by atoms with E-state index in [2.05, 4.69) is 31.9 Å². The molecule has 0 unspecified atom stereocenters. The van der Waals surface area contributed by atoms with E-state index in [1.165, 1.54) is 0 Å². The predicted molar refractivity (Wildman–Crippen MR) is 116 cm³/mol. The molecule has 0 saturated heterocycles. The number of nitrogens with zero attached hydrogens (tertiary/aromatic N) is 5. The third-order valence-electron chi connectivity index (χ3n) is 5.37. The Labute approximate surface area is 183 Å². The molecular formula is C23H19N7O2. The van der Waals surface area contributed by atoms with Crippen LogP contribution in [0.2, 0.25) is 0 Å². The number of nitriles is 1. The lowest BCUT2D eigenvalue weighted by molar-refractivity contribution is 0.0960. The number of aromatic nitrogens is 4. The molecule has 0 saturated carbocycles. The maximum Gasteiger partial charge on any atom is 0.274 e. The first-order chi connectivity index (χ1) is 15.7. The third kappa shape index (κ3) is 3.37. The van der Waals surface area contributed by atoms with Crippen LogP contribution in [0.15, 0.2) is 53.3 Å². The van der Waals surface area contributed by atoms with Crippen molar-refractivity contribution in [3.05, 3.63) is 77.1 Å². The SMILES string of the molecule is Cc1oc(-n2cccc2)c(C#N)c1C(=O)NNc1nc(-c2ccccn2)nc2c1CCC2. The van der Waals surface area contributed by atoms with Gasteiger partial charge < -0.3 is 4.42 Å². The highest BCUT2D eigenvalue weighted by Crippen LogP contribution is 2.29. The van der Waals surface area contributed by atoms with Crippen LogP contribution in [0.25, 0.3) is 17.4 Å². The van der Waals surface area contributed by atoms with E-state index in [9.17, 15) is 10.1 Å². The van der Waals surface area contributed by atoms with Crippen molar-refractivity contribution in [3.63, 3.8) is 0 Å². The Morgan fingerprint density at radius 2 is 2.03 bits per heavy atom. The van der Waals surface area contributed by atoms with E-state index >= 15 is 0 Å². The maximum absolute atomic E-state index is 13.0. The van der Waals surface area contributed by atoms with E-state index in [-0.39, 0.29) is 11.1 Å². The Hall–Kier alpha value is -4.45. The zero-order chi connectivity index (χ0) is 22.1. The van der Waals surface area contributed by atoms with Gasteiger partial charge in [0.05, 0.1) is 0 Å². The van der Waals surface area contributed by atoms with E-state index < -0.39 is 5.91 Å². The van der Waals surface area contributed by atoms with Crippen molar-refractivity contribution in [1.29, 1.82) is 5.26 Å². The Morgan fingerprint density at radius 1 is 1.19 bits per heavy atom. The summed E-state index contributed by atoms with van der Waals surface area (Å²) in [6.07, 6.45) is 7.83. The summed E-state index contributed by atoms with van der Waals surface area (Å²) >= 11 is 0. The summed E-state index contributed by atoms with van der Waals surface area (Å²) in [4.78, 5) is 26.6. The summed E-state index contributed by atoms with van der Waals surface area (Å²) in [6.45, 7) is 1.66. The number of anilines is 1. The summed E-state index contributed by atoms with van der Waals surface area (Å²) in [7, 11) is 0. The largest absolute Gasteiger partial charge is 0.443 e. The van der Waals surface area contributed by atoms with Crippen LogP contribution in [0.5, 0.6) is 0 Å². The minimum Gasteiger partial charge on any atom is -0.443 e. The van der Waals surface area contributed by atoms with Gasteiger partial charge in [-0.1, -0.05) is 6.07 Å². The minimum atomic E-state index is -0.481. The molecule has 158 valence electrons. The van der Waals surface area contributed by atoms with Gasteiger partial charge in [-0.15, -0.1) is 0 Å². The van der Waals surface area contributed by atoms with Gasteiger partial charge in [-0.25, -0.2) is 9.97 Å². The number of carbonyl (C=O) groups is 1. The number of hydrogen-bond donors (Lipinski definition) is 2. The van der Waals surface area contributed by atoms with Crippen LogP contribution in [0.3, 0.4) is 0 Å². The first-order valence-corrected chi connectivity index (χ1v) is 10.2. The minimum absolute atomic E-state index is 0.167. The van der Waals surface area contributed by atoms with E-state index in [4.69, 9.17) is 4.42 Å². The van der Waals surface area contributed by atoms with Crippen LogP contribution in [0.4, 0.5) is 5.82 Å². The molecule has 5 rings (SSSR count). The Balaban J connectivity index is 1.44. The molecule has 4 aromatic heterocycles. The molecule has 0 radical (unpaired) electrons. The van der Waals surface area contributed by atoms with Gasteiger partial charge in [-0.3, -0.25) is 25.2 Å². The van der Waals surface area contributed by atoms with Gasteiger partial charge in [-0.05, 0) is 50.5 Å². The summed E-state index contributed by atoms with van der Waals surface area (Å²) < 4.78 is 7.38. The van der Waals surface area contributed by atoms with Gasteiger partial charge in [0.2, 0.25) is 5.88 Å². The molecule has 0 aromatic carbocycles. The Morgan fingerprint density at radius 3 is 2.78 bits per heavy atom. The molecule has 0 bridgehead atoms. The molecule has 9 nitrogen and oxygen atoms in total. The zero-order valence-electron chi connectivity index (χ0n) is 17.3. The maximum atomic E-state index is 13.0. The van der Waals surface area contributed by atoms with Crippen LogP contribution >= 0.6 is 0 Å². The number of hydrazine groups is 1. The van der Waals surface area contributed by atoms with Gasteiger partial charge >= 0.3 is 0 Å². The molecule has 1 amide bonds. The fourth-order valence-electron chi connectivity index (χ4n) is 3.88. The van der Waals surface area contributed by atoms with Gasteiger partial charge in [0.15, 0.2) is 11.6 Å². The molecule has 0 fully saturated rings. The first kappa shape index (κ1) is 19.5. The molecule has 0 spiro atoms. The molecule has 4 heterocycles. The summed E-state index contributed by atoms with van der Waals surface area (Å²) in [5.41, 5.74) is 8.55. The average Bonchev–Trinajstić information content (AvgIpc) is 3.57. The van der Waals surface area contributed by atoms with Crippen molar-refractivity contribution in [2.45, 2.75) is 26.2 Å². The summed E-state index contributed by atoms with van der Waals surface area (Å²) in [6, 6.07) is 11.3. The fourth-order valence-corrected chi connectivity index (χ4v) is 3.88. The van der Waals surface area contributed by atoms with Crippen molar-refractivity contribution in [2.75, 3.05) is 5.43 Å². The van der Waals surface area contributed by atoms with E-state index in [1.54, 1.807) is 30.1 Å². The van der Waals surface area contributed by atoms with E-state index in [1.807, 2.05) is 30.3 Å². The molecule has 0 atom stereocenters. The van der Waals surface area contributed by atoms with Crippen molar-refractivity contribution >= 4 is 11.7 Å². The predicted octanol–water partition coefficient (Wildman–Crippen LogP) is 3.35. The smallest absolute Gasteiger partial charge is 0.274 e. The van der Waals surface area contributed by atoms with Crippen LogP contribution in [0, 0.1) is 18.3 Å². The number of amides is 1. The van der Waals surface area contributed by atoms with Crippen molar-refractivity contribution in [3.8, 4) is 23.5 Å². The average molecular weight is 425 g/mol. The number of nitrogens with one attached hydrogen (secondary N) is 2. The number of carbonyl (C=O) groups excluding carboxylic acids is 1. The van der Waals surface area contributed by atoms with Crippen molar-refractivity contribution < 1.29 is 9.21 Å². The van der Waals surface area contributed by atoms with Gasteiger partial charge in [0.1, 0.15) is 28.7 Å². The molecule has 4 aromatic rings. The zero-order valence-corrected chi connectivity index (χ0v) is 17.3. The number of aryl methyl sites for hydroxylation is 2. The van der Waals surface area contributed by atoms with Gasteiger partial charge in [-0.2, -0.15) is 5.26 Å². The van der Waals surface area contributed by atoms with Crippen LogP contribution in [0.1, 0.15) is 39.4 Å². The molecule has 0 aliphatic heterocycles. The molecule has 1 aliphatic rings. The number of pyridine rings is 1. The van der Waals surface area contributed by atoms with Crippen LogP contribution in [-0.2, 0) is 12.8 Å². The second-order valence-corrected chi connectivity index (χ2v) is 7.38. The quantitative estimate of drug-likeness (QED) is 0.470. The highest BCUT2D eigenvalue weighted by Gasteiger charge is 2.26. The highest BCUT2D eigenvalue weighted by atomic mass is 16.4. The molecule has 2 N–H and O–H groups in total. The topological polar surface area (TPSA) is 122 Å². The highest BCUT2D eigenvalue weighted by molar-refractivity contribution is 5.99. The summed E-state index contributed by atoms with van der Waals surface area (Å²) in [5.74, 6) is 1.21. The molecule has 9 heteroatoms. The lowest BCUT2D eigenvalue weighted by Crippen LogP contribution is -2.31. The Bertz CT molecular complexity index is 1340. The number of hydrogen-bond acceptors (Lipinski definition) is 7. The standard InChI is InChI=1S/C23H19N7O2/c1-14-19(16(13-24)23(32-14)30-11-4-5-12-30)22(31)29-28-20-15-7-6-9-17(15)26-21(27-20)18-8-2-3-10-25-18/h2-5,8,10-12H,6-7,9H2,1H3,(H,29,31)(H,26,27,28). The second kappa shape index (κ2) is 8.00. The lowest BCUT2D eigenvalue weighted by atomic mass is 10.1.